The second-order valence-corrected chi connectivity index (χ2v) is 12.0. The fourth-order valence-corrected chi connectivity index (χ4v) is 3.47. The summed E-state index contributed by atoms with van der Waals surface area (Å²) in [7, 11) is 0. The molecule has 0 heterocycles. The van der Waals surface area contributed by atoms with E-state index in [4.69, 9.17) is 60.8 Å². The lowest BCUT2D eigenvalue weighted by Crippen LogP contribution is -2.44. The molecule has 0 amide bonds. The van der Waals surface area contributed by atoms with Gasteiger partial charge in [0.1, 0.15) is 0 Å². The number of ether oxygens (including phenoxy) is 8. The van der Waals surface area contributed by atoms with Crippen LogP contribution >= 0.6 is 0 Å². The predicted molar refractivity (Wildman–Crippen MR) is 162 cm³/mol. The van der Waals surface area contributed by atoms with Gasteiger partial charge in [0, 0.05) is 24.2 Å². The normalized spacial score (nSPS) is 19.6. The molecule has 0 bridgehead atoms. The largest absolute Gasteiger partial charge is 0.378 e. The molecule has 41 heavy (non-hydrogen) atoms. The van der Waals surface area contributed by atoms with E-state index in [-0.39, 0.29) is 48.6 Å². The van der Waals surface area contributed by atoms with Crippen molar-refractivity contribution in [2.24, 2.45) is 28.3 Å². The van der Waals surface area contributed by atoms with E-state index in [1.165, 1.54) is 0 Å². The molecule has 12 heteroatoms. The molecule has 8 atom stereocenters. The van der Waals surface area contributed by atoms with E-state index >= 15 is 0 Å². The van der Waals surface area contributed by atoms with Gasteiger partial charge in [0.05, 0.1) is 109 Å². The Kier molecular flexibility index (Phi) is 23.6. The minimum absolute atomic E-state index is 0.0452. The third-order valence-corrected chi connectivity index (χ3v) is 5.62. The summed E-state index contributed by atoms with van der Waals surface area (Å²) in [4.78, 5) is 0. The summed E-state index contributed by atoms with van der Waals surface area (Å²) in [6, 6.07) is -0.181. The predicted octanol–water partition coefficient (Wildman–Crippen LogP) is 1.05. The van der Waals surface area contributed by atoms with Gasteiger partial charge in [-0.25, -0.2) is 0 Å². The van der Waals surface area contributed by atoms with Crippen LogP contribution in [0.1, 0.15) is 55.4 Å². The Balaban J connectivity index is 5.40. The van der Waals surface area contributed by atoms with Crippen LogP contribution in [-0.4, -0.2) is 128 Å². The molecule has 0 aromatic rings. The summed E-state index contributed by atoms with van der Waals surface area (Å²) in [5, 5.41) is 0. The first kappa shape index (κ1) is 40.5. The van der Waals surface area contributed by atoms with Crippen LogP contribution in [0.4, 0.5) is 0 Å². The van der Waals surface area contributed by atoms with Crippen molar-refractivity contribution in [3.05, 3.63) is 0 Å². The van der Waals surface area contributed by atoms with Gasteiger partial charge in [-0.3, -0.25) is 0 Å². The van der Waals surface area contributed by atoms with E-state index in [2.05, 4.69) is 0 Å². The molecule has 0 aromatic carbocycles. The van der Waals surface area contributed by atoms with Crippen LogP contribution in [0.15, 0.2) is 0 Å². The van der Waals surface area contributed by atoms with Crippen LogP contribution < -0.4 is 22.9 Å². The Morgan fingerprint density at radius 3 is 0.732 bits per heavy atom. The number of hydrogen-bond donors (Lipinski definition) is 4. The molecular weight excluding hydrogens is 532 g/mol. The quantitative estimate of drug-likeness (QED) is 0.101. The van der Waals surface area contributed by atoms with Crippen molar-refractivity contribution >= 4 is 0 Å². The molecule has 0 aromatic heterocycles. The summed E-state index contributed by atoms with van der Waals surface area (Å²) >= 11 is 0. The Bertz CT molecular complexity index is 500. The molecule has 0 fully saturated rings. The lowest BCUT2D eigenvalue weighted by Gasteiger charge is -2.34. The molecule has 0 rings (SSSR count). The molecule has 8 N–H and O–H groups in total. The van der Waals surface area contributed by atoms with Gasteiger partial charge in [0.2, 0.25) is 0 Å². The van der Waals surface area contributed by atoms with E-state index in [9.17, 15) is 0 Å². The lowest BCUT2D eigenvalue weighted by molar-refractivity contribution is -0.138. The summed E-state index contributed by atoms with van der Waals surface area (Å²) < 4.78 is 47.7. The van der Waals surface area contributed by atoms with Crippen LogP contribution in [0.2, 0.25) is 0 Å². The van der Waals surface area contributed by atoms with Crippen molar-refractivity contribution in [3.8, 4) is 0 Å². The van der Waals surface area contributed by atoms with Crippen molar-refractivity contribution in [3.63, 3.8) is 0 Å². The molecule has 0 saturated heterocycles. The van der Waals surface area contributed by atoms with E-state index < -0.39 is 5.41 Å². The van der Waals surface area contributed by atoms with Crippen LogP contribution in [0.25, 0.3) is 0 Å². The van der Waals surface area contributed by atoms with Crippen molar-refractivity contribution in [2.75, 3.05) is 79.3 Å². The minimum atomic E-state index is -0.608. The van der Waals surface area contributed by atoms with Crippen molar-refractivity contribution in [1.29, 1.82) is 0 Å². The average molecular weight is 597 g/mol. The maximum atomic E-state index is 6.15. The van der Waals surface area contributed by atoms with Crippen LogP contribution in [0, 0.1) is 5.41 Å². The van der Waals surface area contributed by atoms with Crippen molar-refractivity contribution < 1.29 is 37.9 Å². The van der Waals surface area contributed by atoms with Gasteiger partial charge in [0.25, 0.3) is 0 Å². The van der Waals surface area contributed by atoms with Gasteiger partial charge in [-0.1, -0.05) is 0 Å². The zero-order valence-electron chi connectivity index (χ0n) is 27.2. The van der Waals surface area contributed by atoms with Crippen LogP contribution in [0.3, 0.4) is 0 Å². The third kappa shape index (κ3) is 24.6. The summed E-state index contributed by atoms with van der Waals surface area (Å²) in [5.41, 5.74) is 22.7. The highest BCUT2D eigenvalue weighted by Crippen LogP contribution is 2.22. The summed E-state index contributed by atoms with van der Waals surface area (Å²) in [6.45, 7) is 20.2. The number of nitrogens with two attached hydrogens (primary N) is 4. The van der Waals surface area contributed by atoms with Crippen LogP contribution in [-0.2, 0) is 37.9 Å². The zero-order chi connectivity index (χ0) is 31.3. The van der Waals surface area contributed by atoms with E-state index in [1.807, 2.05) is 55.4 Å². The van der Waals surface area contributed by atoms with Gasteiger partial charge in [-0.05, 0) is 55.4 Å². The average Bonchev–Trinajstić information content (AvgIpc) is 2.88. The molecular formula is C29H64N4O8. The Labute approximate surface area is 249 Å². The third-order valence-electron chi connectivity index (χ3n) is 5.62. The van der Waals surface area contributed by atoms with Gasteiger partial charge in [0.15, 0.2) is 0 Å². The number of rotatable bonds is 28. The van der Waals surface area contributed by atoms with Crippen LogP contribution in [0.5, 0.6) is 0 Å². The topological polar surface area (TPSA) is 178 Å². The monoisotopic (exact) mass is 596 g/mol. The zero-order valence-corrected chi connectivity index (χ0v) is 27.2. The van der Waals surface area contributed by atoms with Crippen molar-refractivity contribution in [1.82, 2.24) is 0 Å². The molecule has 0 aliphatic heterocycles. The van der Waals surface area contributed by atoms with Crippen molar-refractivity contribution in [2.45, 2.75) is 104 Å². The van der Waals surface area contributed by atoms with Gasteiger partial charge in [-0.2, -0.15) is 0 Å². The highest BCUT2D eigenvalue weighted by atomic mass is 16.6. The molecule has 0 aliphatic rings. The van der Waals surface area contributed by atoms with Gasteiger partial charge >= 0.3 is 0 Å². The molecule has 0 radical (unpaired) electrons. The molecule has 12 nitrogen and oxygen atoms in total. The first-order valence-corrected chi connectivity index (χ1v) is 15.0. The lowest BCUT2D eigenvalue weighted by atomic mass is 9.92. The molecule has 0 saturated carbocycles. The second kappa shape index (κ2) is 23.9. The molecule has 0 aliphatic carbocycles. The minimum Gasteiger partial charge on any atom is -0.378 e. The maximum absolute atomic E-state index is 6.15. The van der Waals surface area contributed by atoms with E-state index in [1.54, 1.807) is 0 Å². The Morgan fingerprint density at radius 1 is 0.366 bits per heavy atom. The highest BCUT2D eigenvalue weighted by molar-refractivity contribution is 4.80. The first-order valence-electron chi connectivity index (χ1n) is 15.0. The summed E-state index contributed by atoms with van der Waals surface area (Å²) in [5.74, 6) is 0. The molecule has 0 spiro atoms. The fraction of sp³-hybridized carbons (Fsp3) is 1.00. The number of hydrogen-bond acceptors (Lipinski definition) is 12. The fourth-order valence-electron chi connectivity index (χ4n) is 3.47. The van der Waals surface area contributed by atoms with E-state index in [0.717, 1.165) is 0 Å². The van der Waals surface area contributed by atoms with Gasteiger partial charge in [-0.15, -0.1) is 0 Å². The first-order chi connectivity index (χ1) is 19.2. The summed E-state index contributed by atoms with van der Waals surface area (Å²) in [6.07, 6.45) is -0.476. The van der Waals surface area contributed by atoms with E-state index in [0.29, 0.717) is 79.3 Å². The molecule has 8 unspecified atom stereocenters. The van der Waals surface area contributed by atoms with Gasteiger partial charge < -0.3 is 60.8 Å². The Hall–Kier alpha value is -0.480. The highest BCUT2D eigenvalue weighted by Gasteiger charge is 2.33. The Morgan fingerprint density at radius 2 is 0.561 bits per heavy atom. The maximum Gasteiger partial charge on any atom is 0.0781 e. The second-order valence-electron chi connectivity index (χ2n) is 12.0. The standard InChI is InChI=1S/C29H64N4O8/c1-21(30)9-38-25(5)13-34-17-29(18-35-14-26(6)39-10-22(2)31,19-36-15-27(7)40-11-23(3)32)20-37-16-28(8)41-12-24(4)33/h21-28H,9-20,30-33H2,1-8H3. The smallest absolute Gasteiger partial charge is 0.0781 e. The SMILES string of the molecule is CC(N)COC(C)COCC(COCC(C)OCC(C)N)(COCC(C)OCC(C)N)COCC(C)OCC(C)N. The molecule has 248 valence electrons.